The first kappa shape index (κ1) is 21.8. The number of nitrogens with zero attached hydrogens (tertiary/aromatic N) is 3. The maximum atomic E-state index is 13.1. The fourth-order valence-electron chi connectivity index (χ4n) is 4.36. The standard InChI is InChI=1S/C26H29N3O3/c1-28(22-14-12-21(13-15-22)20-8-4-2-5-9-20)26(31)24-16-17-25(30)29(27-24)18-19-32-23-10-6-3-7-11-23/h2-11,16-17,21-22H,12-15,18-19H2,1H3. The number of benzene rings is 2. The number of carbonyl (C=O) groups excluding carboxylic acids is 1. The zero-order valence-electron chi connectivity index (χ0n) is 18.4. The molecule has 0 atom stereocenters. The van der Waals surface area contributed by atoms with Gasteiger partial charge in [0.15, 0.2) is 0 Å². The van der Waals surface area contributed by atoms with Gasteiger partial charge in [0.05, 0.1) is 6.54 Å². The molecule has 6 heteroatoms. The van der Waals surface area contributed by atoms with Gasteiger partial charge < -0.3 is 9.64 Å². The third-order valence-corrected chi connectivity index (χ3v) is 6.24. The molecule has 0 saturated heterocycles. The van der Waals surface area contributed by atoms with E-state index in [1.54, 1.807) is 4.90 Å². The Hall–Kier alpha value is -3.41. The van der Waals surface area contributed by atoms with Crippen LogP contribution in [-0.4, -0.2) is 40.3 Å². The summed E-state index contributed by atoms with van der Waals surface area (Å²) in [6.45, 7) is 0.578. The molecule has 1 aromatic heterocycles. The summed E-state index contributed by atoms with van der Waals surface area (Å²) >= 11 is 0. The summed E-state index contributed by atoms with van der Waals surface area (Å²) in [5, 5.41) is 4.31. The van der Waals surface area contributed by atoms with E-state index in [1.165, 1.54) is 22.4 Å². The lowest BCUT2D eigenvalue weighted by molar-refractivity contribution is 0.0680. The van der Waals surface area contributed by atoms with Gasteiger partial charge in [-0.1, -0.05) is 48.5 Å². The van der Waals surface area contributed by atoms with Crippen LogP contribution in [0.1, 0.15) is 47.7 Å². The lowest BCUT2D eigenvalue weighted by atomic mass is 9.81. The fraction of sp³-hybridized carbons (Fsp3) is 0.346. The van der Waals surface area contributed by atoms with Gasteiger partial charge in [-0.25, -0.2) is 4.68 Å². The molecule has 32 heavy (non-hydrogen) atoms. The van der Waals surface area contributed by atoms with Crippen molar-refractivity contribution < 1.29 is 9.53 Å². The third kappa shape index (κ3) is 5.25. The van der Waals surface area contributed by atoms with Crippen LogP contribution >= 0.6 is 0 Å². The zero-order valence-corrected chi connectivity index (χ0v) is 18.4. The average Bonchev–Trinajstić information content (AvgIpc) is 2.85. The minimum absolute atomic E-state index is 0.147. The minimum Gasteiger partial charge on any atom is -0.492 e. The molecule has 4 rings (SSSR count). The van der Waals surface area contributed by atoms with Crippen LogP contribution in [0.5, 0.6) is 5.75 Å². The van der Waals surface area contributed by atoms with Gasteiger partial charge in [-0.2, -0.15) is 5.10 Å². The smallest absolute Gasteiger partial charge is 0.274 e. The van der Waals surface area contributed by atoms with Crippen LogP contribution in [0.4, 0.5) is 0 Å². The molecule has 1 aliphatic carbocycles. The Labute approximate surface area is 188 Å². The van der Waals surface area contributed by atoms with E-state index in [2.05, 4.69) is 29.4 Å². The van der Waals surface area contributed by atoms with E-state index in [0.29, 0.717) is 12.5 Å². The van der Waals surface area contributed by atoms with Crippen molar-refractivity contribution in [2.75, 3.05) is 13.7 Å². The molecule has 0 aliphatic heterocycles. The molecule has 6 nitrogen and oxygen atoms in total. The summed E-state index contributed by atoms with van der Waals surface area (Å²) in [4.78, 5) is 27.1. The average molecular weight is 432 g/mol. The topological polar surface area (TPSA) is 64.4 Å². The van der Waals surface area contributed by atoms with Gasteiger partial charge in [-0.15, -0.1) is 0 Å². The van der Waals surface area contributed by atoms with Gasteiger partial charge in [0.25, 0.3) is 11.5 Å². The predicted octanol–water partition coefficient (Wildman–Crippen LogP) is 4.12. The van der Waals surface area contributed by atoms with Crippen LogP contribution < -0.4 is 10.3 Å². The van der Waals surface area contributed by atoms with Gasteiger partial charge in [-0.3, -0.25) is 9.59 Å². The van der Waals surface area contributed by atoms with Crippen LogP contribution in [0, 0.1) is 0 Å². The molecule has 0 spiro atoms. The molecule has 166 valence electrons. The monoisotopic (exact) mass is 431 g/mol. The molecule has 0 N–H and O–H groups in total. The molecule has 0 bridgehead atoms. The number of aromatic nitrogens is 2. The highest BCUT2D eigenvalue weighted by molar-refractivity contribution is 5.92. The molecule has 2 aromatic carbocycles. The number of carbonyl (C=O) groups is 1. The lowest BCUT2D eigenvalue weighted by Gasteiger charge is -2.34. The summed E-state index contributed by atoms with van der Waals surface area (Å²) in [7, 11) is 1.84. The second-order valence-electron chi connectivity index (χ2n) is 8.27. The van der Waals surface area contributed by atoms with Crippen LogP contribution in [0.3, 0.4) is 0 Å². The minimum atomic E-state index is -0.246. The van der Waals surface area contributed by atoms with Gasteiger partial charge >= 0.3 is 0 Å². The number of para-hydroxylation sites is 1. The lowest BCUT2D eigenvalue weighted by Crippen LogP contribution is -2.40. The third-order valence-electron chi connectivity index (χ3n) is 6.24. The summed E-state index contributed by atoms with van der Waals surface area (Å²) in [5.41, 5.74) is 1.42. The van der Waals surface area contributed by atoms with Crippen molar-refractivity contribution in [1.29, 1.82) is 0 Å². The van der Waals surface area contributed by atoms with Crippen molar-refractivity contribution in [2.24, 2.45) is 0 Å². The van der Waals surface area contributed by atoms with Crippen molar-refractivity contribution >= 4 is 5.91 Å². The number of hydrogen-bond donors (Lipinski definition) is 0. The van der Waals surface area contributed by atoms with Crippen molar-refractivity contribution in [3.63, 3.8) is 0 Å². The highest BCUT2D eigenvalue weighted by atomic mass is 16.5. The number of hydrogen-bond acceptors (Lipinski definition) is 4. The second-order valence-corrected chi connectivity index (χ2v) is 8.27. The Bertz CT molecular complexity index is 1070. The normalized spacial score (nSPS) is 18.2. The molecule has 1 saturated carbocycles. The van der Waals surface area contributed by atoms with Gasteiger partial charge in [0.1, 0.15) is 18.1 Å². The van der Waals surface area contributed by atoms with E-state index >= 15 is 0 Å². The fourth-order valence-corrected chi connectivity index (χ4v) is 4.36. The molecule has 0 unspecified atom stereocenters. The molecule has 0 radical (unpaired) electrons. The van der Waals surface area contributed by atoms with Crippen molar-refractivity contribution in [1.82, 2.24) is 14.7 Å². The van der Waals surface area contributed by atoms with E-state index in [1.807, 2.05) is 43.4 Å². The second kappa shape index (κ2) is 10.3. The number of amides is 1. The SMILES string of the molecule is CN(C(=O)c1ccc(=O)n(CCOc2ccccc2)n1)C1CCC(c2ccccc2)CC1. The molecular weight excluding hydrogens is 402 g/mol. The Balaban J connectivity index is 1.35. The Morgan fingerprint density at radius 1 is 0.969 bits per heavy atom. The highest BCUT2D eigenvalue weighted by Gasteiger charge is 2.28. The van der Waals surface area contributed by atoms with Gasteiger partial charge in [-0.05, 0) is 55.4 Å². The molecule has 3 aromatic rings. The summed E-state index contributed by atoms with van der Waals surface area (Å²) in [6, 6.07) is 23.1. The first-order valence-corrected chi connectivity index (χ1v) is 11.2. The molecule has 1 aliphatic rings. The Kier molecular flexibility index (Phi) is 7.00. The first-order valence-electron chi connectivity index (χ1n) is 11.2. The van der Waals surface area contributed by atoms with Gasteiger partial charge in [0.2, 0.25) is 0 Å². The van der Waals surface area contributed by atoms with Crippen molar-refractivity contribution in [3.05, 3.63) is 94.4 Å². The molecule has 1 heterocycles. The summed E-state index contributed by atoms with van der Waals surface area (Å²) in [5.74, 6) is 1.14. The van der Waals surface area contributed by atoms with E-state index < -0.39 is 0 Å². The largest absolute Gasteiger partial charge is 0.492 e. The quantitative estimate of drug-likeness (QED) is 0.565. The summed E-state index contributed by atoms with van der Waals surface area (Å²) < 4.78 is 6.96. The maximum Gasteiger partial charge on any atom is 0.274 e. The van der Waals surface area contributed by atoms with Crippen molar-refractivity contribution in [3.8, 4) is 5.75 Å². The van der Waals surface area contributed by atoms with E-state index in [4.69, 9.17) is 4.74 Å². The highest BCUT2D eigenvalue weighted by Crippen LogP contribution is 2.34. The molecule has 1 fully saturated rings. The van der Waals surface area contributed by atoms with Crippen LogP contribution in [-0.2, 0) is 6.54 Å². The molecular formula is C26H29N3O3. The van der Waals surface area contributed by atoms with Gasteiger partial charge in [0, 0.05) is 19.2 Å². The van der Waals surface area contributed by atoms with E-state index in [9.17, 15) is 9.59 Å². The number of rotatable bonds is 7. The van der Waals surface area contributed by atoms with Crippen LogP contribution in [0.15, 0.2) is 77.6 Å². The summed E-state index contributed by atoms with van der Waals surface area (Å²) in [6.07, 6.45) is 4.06. The maximum absolute atomic E-state index is 13.1. The van der Waals surface area contributed by atoms with Crippen molar-refractivity contribution in [2.45, 2.75) is 44.2 Å². The first-order chi connectivity index (χ1) is 15.6. The Morgan fingerprint density at radius 3 is 2.31 bits per heavy atom. The van der Waals surface area contributed by atoms with E-state index in [-0.39, 0.29) is 29.7 Å². The Morgan fingerprint density at radius 2 is 1.62 bits per heavy atom. The molecule has 1 amide bonds. The number of ether oxygens (including phenoxy) is 1. The zero-order chi connectivity index (χ0) is 22.3. The van der Waals surface area contributed by atoms with Crippen LogP contribution in [0.2, 0.25) is 0 Å². The van der Waals surface area contributed by atoms with Crippen LogP contribution in [0.25, 0.3) is 0 Å². The predicted molar refractivity (Wildman–Crippen MR) is 124 cm³/mol. The van der Waals surface area contributed by atoms with E-state index in [0.717, 1.165) is 31.4 Å².